The van der Waals surface area contributed by atoms with Crippen LogP contribution < -0.4 is 0 Å². The van der Waals surface area contributed by atoms with Gasteiger partial charge in [-0.05, 0) is 30.5 Å². The van der Waals surface area contributed by atoms with Crippen molar-refractivity contribution in [2.45, 2.75) is 6.92 Å². The van der Waals surface area contributed by atoms with Crippen LogP contribution in [0.2, 0.25) is 0 Å². The maximum Gasteiger partial charge on any atom is 0.203 e. The average Bonchev–Trinajstić information content (AvgIpc) is 3.39. The van der Waals surface area contributed by atoms with E-state index in [0.29, 0.717) is 21.6 Å². The van der Waals surface area contributed by atoms with Crippen LogP contribution in [0.25, 0.3) is 9.75 Å². The van der Waals surface area contributed by atoms with Crippen LogP contribution in [0, 0.1) is 6.92 Å². The summed E-state index contributed by atoms with van der Waals surface area (Å²) in [6, 6.07) is 22.3. The molecule has 0 atom stereocenters. The molecular weight excluding hydrogens is 372 g/mol. The Bertz CT molecular complexity index is 1100. The van der Waals surface area contributed by atoms with Gasteiger partial charge in [-0.25, -0.2) is 0 Å². The Morgan fingerprint density at radius 1 is 0.704 bits per heavy atom. The van der Waals surface area contributed by atoms with Gasteiger partial charge in [0.15, 0.2) is 5.78 Å². The van der Waals surface area contributed by atoms with Crippen LogP contribution in [0.3, 0.4) is 0 Å². The molecule has 2 nitrogen and oxygen atoms in total. The minimum Gasteiger partial charge on any atom is -0.289 e. The highest BCUT2D eigenvalue weighted by Crippen LogP contribution is 2.33. The molecule has 4 heteroatoms. The Hall–Kier alpha value is -2.82. The van der Waals surface area contributed by atoms with Crippen molar-refractivity contribution in [2.24, 2.45) is 0 Å². The zero-order valence-corrected chi connectivity index (χ0v) is 16.3. The summed E-state index contributed by atoms with van der Waals surface area (Å²) in [4.78, 5) is 28.9. The molecule has 132 valence electrons. The topological polar surface area (TPSA) is 34.1 Å². The summed E-state index contributed by atoms with van der Waals surface area (Å²) in [6.45, 7) is 1.98. The second-order valence-corrected chi connectivity index (χ2v) is 8.24. The van der Waals surface area contributed by atoms with Gasteiger partial charge in [0.1, 0.15) is 0 Å². The third-order valence-electron chi connectivity index (χ3n) is 4.32. The maximum atomic E-state index is 13.1. The molecule has 0 aliphatic heterocycles. The van der Waals surface area contributed by atoms with Crippen LogP contribution in [-0.4, -0.2) is 11.6 Å². The van der Waals surface area contributed by atoms with E-state index in [-0.39, 0.29) is 11.6 Å². The second-order valence-electron chi connectivity index (χ2n) is 6.21. The van der Waals surface area contributed by atoms with Gasteiger partial charge >= 0.3 is 0 Å². The van der Waals surface area contributed by atoms with Gasteiger partial charge in [0.05, 0.1) is 4.88 Å². The average molecular weight is 389 g/mol. The molecule has 0 fully saturated rings. The standard InChI is InChI=1S/C23H16O2S2/c1-15-8-10-16(11-9-15)22(24)17-5-2-3-6-18(17)23(25)21-13-12-20(27-21)19-7-4-14-26-19/h2-14H,1H3. The van der Waals surface area contributed by atoms with E-state index in [1.165, 1.54) is 11.3 Å². The predicted octanol–water partition coefficient (Wildman–Crippen LogP) is 6.25. The zero-order valence-electron chi connectivity index (χ0n) is 14.6. The first-order chi connectivity index (χ1) is 13.1. The summed E-state index contributed by atoms with van der Waals surface area (Å²) in [5, 5.41) is 2.02. The Balaban J connectivity index is 1.69. The van der Waals surface area contributed by atoms with E-state index >= 15 is 0 Å². The van der Waals surface area contributed by atoms with Crippen LogP contribution in [0.4, 0.5) is 0 Å². The highest BCUT2D eigenvalue weighted by molar-refractivity contribution is 7.22. The van der Waals surface area contributed by atoms with Gasteiger partial charge in [0.25, 0.3) is 0 Å². The second kappa shape index (κ2) is 7.43. The molecule has 0 aliphatic rings. The van der Waals surface area contributed by atoms with Crippen molar-refractivity contribution in [1.82, 2.24) is 0 Å². The number of thiophene rings is 2. The lowest BCUT2D eigenvalue weighted by Gasteiger charge is -2.07. The van der Waals surface area contributed by atoms with E-state index in [0.717, 1.165) is 15.3 Å². The van der Waals surface area contributed by atoms with Crippen molar-refractivity contribution in [3.63, 3.8) is 0 Å². The highest BCUT2D eigenvalue weighted by Gasteiger charge is 2.20. The summed E-state index contributed by atoms with van der Waals surface area (Å²) in [7, 11) is 0. The summed E-state index contributed by atoms with van der Waals surface area (Å²) < 4.78 is 0. The van der Waals surface area contributed by atoms with Crippen molar-refractivity contribution in [3.8, 4) is 9.75 Å². The van der Waals surface area contributed by atoms with Crippen molar-refractivity contribution in [2.75, 3.05) is 0 Å². The lowest BCUT2D eigenvalue weighted by atomic mass is 9.95. The van der Waals surface area contributed by atoms with E-state index in [4.69, 9.17) is 0 Å². The van der Waals surface area contributed by atoms with Crippen molar-refractivity contribution < 1.29 is 9.59 Å². The van der Waals surface area contributed by atoms with Crippen molar-refractivity contribution in [1.29, 1.82) is 0 Å². The summed E-state index contributed by atoms with van der Waals surface area (Å²) in [5.41, 5.74) is 2.57. The minimum absolute atomic E-state index is 0.112. The number of aryl methyl sites for hydroxylation is 1. The van der Waals surface area contributed by atoms with Gasteiger partial charge in [-0.3, -0.25) is 9.59 Å². The Morgan fingerprint density at radius 3 is 2.07 bits per heavy atom. The fourth-order valence-electron chi connectivity index (χ4n) is 2.88. The molecule has 0 aliphatic carbocycles. The highest BCUT2D eigenvalue weighted by atomic mass is 32.1. The zero-order chi connectivity index (χ0) is 18.8. The Kier molecular flexibility index (Phi) is 4.84. The quantitative estimate of drug-likeness (QED) is 0.379. The Morgan fingerprint density at radius 2 is 1.41 bits per heavy atom. The monoisotopic (exact) mass is 388 g/mol. The molecule has 2 aromatic heterocycles. The third kappa shape index (κ3) is 3.54. The molecule has 4 aromatic rings. The van der Waals surface area contributed by atoms with Gasteiger partial charge in [-0.2, -0.15) is 0 Å². The molecule has 0 saturated carbocycles. The third-order valence-corrected chi connectivity index (χ3v) is 6.47. The van der Waals surface area contributed by atoms with E-state index in [2.05, 4.69) is 0 Å². The van der Waals surface area contributed by atoms with Crippen LogP contribution >= 0.6 is 22.7 Å². The number of ketones is 2. The lowest BCUT2D eigenvalue weighted by Crippen LogP contribution is -2.10. The van der Waals surface area contributed by atoms with Gasteiger partial charge in [0, 0.05) is 26.4 Å². The number of hydrogen-bond acceptors (Lipinski definition) is 4. The van der Waals surface area contributed by atoms with E-state index in [1.54, 1.807) is 47.7 Å². The first kappa shape index (κ1) is 17.6. The van der Waals surface area contributed by atoms with Crippen LogP contribution in [0.5, 0.6) is 0 Å². The number of hydrogen-bond donors (Lipinski definition) is 0. The maximum absolute atomic E-state index is 13.1. The van der Waals surface area contributed by atoms with Gasteiger partial charge in [-0.1, -0.05) is 60.2 Å². The van der Waals surface area contributed by atoms with Crippen molar-refractivity contribution in [3.05, 3.63) is 105 Å². The molecular formula is C23H16O2S2. The lowest BCUT2D eigenvalue weighted by molar-refractivity contribution is 0.100. The molecule has 0 unspecified atom stereocenters. The van der Waals surface area contributed by atoms with Gasteiger partial charge in [0.2, 0.25) is 5.78 Å². The van der Waals surface area contributed by atoms with E-state index in [9.17, 15) is 9.59 Å². The Labute approximate surface area is 165 Å². The van der Waals surface area contributed by atoms with Gasteiger partial charge in [-0.15, -0.1) is 22.7 Å². The molecule has 0 amide bonds. The first-order valence-electron chi connectivity index (χ1n) is 8.52. The fourth-order valence-corrected chi connectivity index (χ4v) is 4.68. The molecule has 0 bridgehead atoms. The minimum atomic E-state index is -0.131. The predicted molar refractivity (Wildman–Crippen MR) is 112 cm³/mol. The van der Waals surface area contributed by atoms with Crippen LogP contribution in [0.1, 0.15) is 36.7 Å². The summed E-state index contributed by atoms with van der Waals surface area (Å²) in [6.07, 6.45) is 0. The molecule has 0 spiro atoms. The fraction of sp³-hybridized carbons (Fsp3) is 0.0435. The molecule has 2 heterocycles. The summed E-state index contributed by atoms with van der Waals surface area (Å²) in [5.74, 6) is -0.243. The number of rotatable bonds is 5. The SMILES string of the molecule is Cc1ccc(C(=O)c2ccccc2C(=O)c2ccc(-c3cccs3)s2)cc1. The summed E-state index contributed by atoms with van der Waals surface area (Å²) >= 11 is 3.11. The molecule has 2 aromatic carbocycles. The number of carbonyl (C=O) groups excluding carboxylic acids is 2. The van der Waals surface area contributed by atoms with Crippen LogP contribution in [0.15, 0.2) is 78.2 Å². The normalized spacial score (nSPS) is 10.7. The molecule has 4 rings (SSSR count). The molecule has 0 radical (unpaired) electrons. The first-order valence-corrected chi connectivity index (χ1v) is 10.2. The van der Waals surface area contributed by atoms with Gasteiger partial charge < -0.3 is 0 Å². The van der Waals surface area contributed by atoms with E-state index in [1.807, 2.05) is 48.7 Å². The molecule has 0 saturated heterocycles. The number of benzene rings is 2. The van der Waals surface area contributed by atoms with E-state index < -0.39 is 0 Å². The smallest absolute Gasteiger partial charge is 0.203 e. The molecule has 27 heavy (non-hydrogen) atoms. The van der Waals surface area contributed by atoms with Crippen LogP contribution in [-0.2, 0) is 0 Å². The molecule has 0 N–H and O–H groups in total. The number of carbonyl (C=O) groups is 2. The van der Waals surface area contributed by atoms with Crippen molar-refractivity contribution >= 4 is 34.2 Å². The largest absolute Gasteiger partial charge is 0.289 e.